The number of piperidine rings is 1. The molecule has 1 aliphatic heterocycles. The zero-order valence-corrected chi connectivity index (χ0v) is 13.1. The molecule has 20 heavy (non-hydrogen) atoms. The highest BCUT2D eigenvalue weighted by molar-refractivity contribution is 5.78. The molecule has 0 aromatic heterocycles. The molecule has 1 heterocycles. The molecular weight excluding hydrogens is 252 g/mol. The number of rotatable bonds is 9. The van der Waals surface area contributed by atoms with E-state index >= 15 is 0 Å². The zero-order valence-electron chi connectivity index (χ0n) is 13.1. The molecule has 116 valence electrons. The average molecular weight is 282 g/mol. The Morgan fingerprint density at radius 3 is 2.15 bits per heavy atom. The minimum Gasteiger partial charge on any atom is -0.342 e. The van der Waals surface area contributed by atoms with Crippen LogP contribution < -0.4 is 0 Å². The summed E-state index contributed by atoms with van der Waals surface area (Å²) in [5, 5.41) is 0. The van der Waals surface area contributed by atoms with Gasteiger partial charge in [0.1, 0.15) is 6.29 Å². The molecule has 0 N–H and O–H groups in total. The summed E-state index contributed by atoms with van der Waals surface area (Å²) in [6, 6.07) is 0. The largest absolute Gasteiger partial charge is 0.342 e. The number of aldehydes is 1. The minimum atomic E-state index is 0.206. The van der Waals surface area contributed by atoms with E-state index in [-0.39, 0.29) is 11.8 Å². The molecule has 0 aliphatic carbocycles. The van der Waals surface area contributed by atoms with Crippen LogP contribution in [0.2, 0.25) is 0 Å². The van der Waals surface area contributed by atoms with E-state index < -0.39 is 0 Å². The Bertz CT molecular complexity index is 278. The van der Waals surface area contributed by atoms with E-state index in [0.717, 1.165) is 71.0 Å². The third-order valence-corrected chi connectivity index (χ3v) is 4.10. The predicted octanol–water partition coefficient (Wildman–Crippen LogP) is 2.33. The lowest BCUT2D eigenvalue weighted by Crippen LogP contribution is -2.44. The Morgan fingerprint density at radius 1 is 1.15 bits per heavy atom. The third-order valence-electron chi connectivity index (χ3n) is 4.10. The van der Waals surface area contributed by atoms with Crippen LogP contribution in [-0.2, 0) is 9.59 Å². The molecule has 0 saturated carbocycles. The van der Waals surface area contributed by atoms with Crippen molar-refractivity contribution in [3.63, 3.8) is 0 Å². The first kappa shape index (κ1) is 17.2. The fourth-order valence-electron chi connectivity index (χ4n) is 2.60. The number of likely N-dealkylation sites (tertiary alicyclic amines) is 1. The molecule has 1 amide bonds. The molecule has 1 rings (SSSR count). The van der Waals surface area contributed by atoms with Gasteiger partial charge < -0.3 is 9.69 Å². The highest BCUT2D eigenvalue weighted by atomic mass is 16.2. The number of nitrogens with zero attached hydrogens (tertiary/aromatic N) is 2. The van der Waals surface area contributed by atoms with Crippen LogP contribution in [0.25, 0.3) is 0 Å². The van der Waals surface area contributed by atoms with Crippen LogP contribution in [0.5, 0.6) is 0 Å². The van der Waals surface area contributed by atoms with E-state index in [1.165, 1.54) is 0 Å². The van der Waals surface area contributed by atoms with Gasteiger partial charge in [-0.25, -0.2) is 0 Å². The maximum absolute atomic E-state index is 12.4. The van der Waals surface area contributed by atoms with E-state index in [9.17, 15) is 9.59 Å². The normalized spacial score (nSPS) is 17.1. The van der Waals surface area contributed by atoms with Gasteiger partial charge in [-0.05, 0) is 38.8 Å². The van der Waals surface area contributed by atoms with Crippen molar-refractivity contribution >= 4 is 12.2 Å². The van der Waals surface area contributed by atoms with E-state index in [1.54, 1.807) is 0 Å². The molecule has 0 spiro atoms. The van der Waals surface area contributed by atoms with Gasteiger partial charge in [0, 0.05) is 19.0 Å². The maximum atomic E-state index is 12.4. The van der Waals surface area contributed by atoms with Gasteiger partial charge in [0.25, 0.3) is 0 Å². The first-order valence-electron chi connectivity index (χ1n) is 8.16. The summed E-state index contributed by atoms with van der Waals surface area (Å²) in [6.07, 6.45) is 7.29. The molecule has 4 heteroatoms. The fourth-order valence-corrected chi connectivity index (χ4v) is 2.60. The van der Waals surface area contributed by atoms with Crippen LogP contribution in [0.3, 0.4) is 0 Å². The van der Waals surface area contributed by atoms with Gasteiger partial charge in [-0.1, -0.05) is 26.7 Å². The molecule has 0 aromatic rings. The smallest absolute Gasteiger partial charge is 0.236 e. The van der Waals surface area contributed by atoms with Gasteiger partial charge in [0.05, 0.1) is 6.54 Å². The Kier molecular flexibility index (Phi) is 8.51. The Morgan fingerprint density at radius 2 is 1.70 bits per heavy atom. The second-order valence-electron chi connectivity index (χ2n) is 5.84. The van der Waals surface area contributed by atoms with Crippen molar-refractivity contribution in [2.75, 3.05) is 32.7 Å². The molecule has 0 bridgehead atoms. The van der Waals surface area contributed by atoms with Crippen molar-refractivity contribution in [2.45, 2.75) is 52.4 Å². The Balaban J connectivity index is 2.38. The molecule has 4 nitrogen and oxygen atoms in total. The molecule has 0 atom stereocenters. The predicted molar refractivity (Wildman–Crippen MR) is 81.6 cm³/mol. The van der Waals surface area contributed by atoms with E-state index in [0.29, 0.717) is 6.54 Å². The molecule has 0 unspecified atom stereocenters. The molecule has 0 radical (unpaired) electrons. The van der Waals surface area contributed by atoms with E-state index in [4.69, 9.17) is 0 Å². The molecule has 1 saturated heterocycles. The van der Waals surface area contributed by atoms with Crippen molar-refractivity contribution in [3.8, 4) is 0 Å². The van der Waals surface area contributed by atoms with Gasteiger partial charge in [0.2, 0.25) is 5.91 Å². The molecule has 1 fully saturated rings. The SMILES string of the molecule is CCCCN(CCCC)C(=O)CN1CCC(C=O)CC1. The van der Waals surface area contributed by atoms with Gasteiger partial charge in [0.15, 0.2) is 0 Å². The van der Waals surface area contributed by atoms with Crippen molar-refractivity contribution in [3.05, 3.63) is 0 Å². The van der Waals surface area contributed by atoms with Crippen LogP contribution in [0.15, 0.2) is 0 Å². The first-order valence-corrected chi connectivity index (χ1v) is 8.16. The minimum absolute atomic E-state index is 0.206. The summed E-state index contributed by atoms with van der Waals surface area (Å²) in [5.41, 5.74) is 0. The number of carbonyl (C=O) groups is 2. The second kappa shape index (κ2) is 9.92. The lowest BCUT2D eigenvalue weighted by atomic mass is 9.99. The summed E-state index contributed by atoms with van der Waals surface area (Å²) in [5.74, 6) is 0.467. The fraction of sp³-hybridized carbons (Fsp3) is 0.875. The highest BCUT2D eigenvalue weighted by Gasteiger charge is 2.22. The Hall–Kier alpha value is -0.900. The quantitative estimate of drug-likeness (QED) is 0.609. The highest BCUT2D eigenvalue weighted by Crippen LogP contribution is 2.15. The van der Waals surface area contributed by atoms with E-state index in [1.807, 2.05) is 4.90 Å². The summed E-state index contributed by atoms with van der Waals surface area (Å²) < 4.78 is 0. The van der Waals surface area contributed by atoms with Crippen molar-refractivity contribution in [1.29, 1.82) is 0 Å². The summed E-state index contributed by atoms with van der Waals surface area (Å²) in [6.45, 7) is 8.38. The van der Waals surface area contributed by atoms with Gasteiger partial charge in [-0.2, -0.15) is 0 Å². The van der Waals surface area contributed by atoms with Crippen LogP contribution in [0.1, 0.15) is 52.4 Å². The van der Waals surface area contributed by atoms with Crippen molar-refractivity contribution < 1.29 is 9.59 Å². The lowest BCUT2D eigenvalue weighted by Gasteiger charge is -2.31. The van der Waals surface area contributed by atoms with Gasteiger partial charge >= 0.3 is 0 Å². The average Bonchev–Trinajstić information content (AvgIpc) is 2.48. The van der Waals surface area contributed by atoms with Crippen LogP contribution >= 0.6 is 0 Å². The van der Waals surface area contributed by atoms with Crippen LogP contribution in [-0.4, -0.2) is 54.7 Å². The molecular formula is C16H30N2O2. The van der Waals surface area contributed by atoms with Crippen LogP contribution in [0.4, 0.5) is 0 Å². The van der Waals surface area contributed by atoms with Crippen molar-refractivity contribution in [2.24, 2.45) is 5.92 Å². The summed E-state index contributed by atoms with van der Waals surface area (Å²) >= 11 is 0. The lowest BCUT2D eigenvalue weighted by molar-refractivity contribution is -0.133. The standard InChI is InChI=1S/C16H30N2O2/c1-3-5-9-18(10-6-4-2)16(20)13-17-11-7-15(14-19)8-12-17/h14-15H,3-13H2,1-2H3. The number of hydrogen-bond donors (Lipinski definition) is 0. The zero-order chi connectivity index (χ0) is 14.8. The topological polar surface area (TPSA) is 40.6 Å². The molecule has 1 aliphatic rings. The first-order chi connectivity index (χ1) is 9.71. The van der Waals surface area contributed by atoms with Gasteiger partial charge in [-0.15, -0.1) is 0 Å². The van der Waals surface area contributed by atoms with Crippen molar-refractivity contribution in [1.82, 2.24) is 9.80 Å². The van der Waals surface area contributed by atoms with Crippen LogP contribution in [0, 0.1) is 5.92 Å². The maximum Gasteiger partial charge on any atom is 0.236 e. The number of carbonyl (C=O) groups excluding carboxylic acids is 2. The number of amides is 1. The number of unbranched alkanes of at least 4 members (excludes halogenated alkanes) is 2. The van der Waals surface area contributed by atoms with Gasteiger partial charge in [-0.3, -0.25) is 9.69 Å². The monoisotopic (exact) mass is 282 g/mol. The molecule has 0 aromatic carbocycles. The summed E-state index contributed by atoms with van der Waals surface area (Å²) in [4.78, 5) is 27.4. The third kappa shape index (κ3) is 6.04. The van der Waals surface area contributed by atoms with E-state index in [2.05, 4.69) is 18.7 Å². The Labute approximate surface area is 123 Å². The number of hydrogen-bond acceptors (Lipinski definition) is 3. The summed E-state index contributed by atoms with van der Waals surface area (Å²) in [7, 11) is 0. The second-order valence-corrected chi connectivity index (χ2v) is 5.84.